The van der Waals surface area contributed by atoms with Gasteiger partial charge in [-0.2, -0.15) is 0 Å². The second kappa shape index (κ2) is 5.31. The molecule has 0 aliphatic carbocycles. The van der Waals surface area contributed by atoms with Crippen molar-refractivity contribution in [2.75, 3.05) is 0 Å². The first kappa shape index (κ1) is 14.1. The maximum atomic E-state index is 12.5. The van der Waals surface area contributed by atoms with Gasteiger partial charge in [0.1, 0.15) is 11.3 Å². The van der Waals surface area contributed by atoms with E-state index >= 15 is 0 Å². The van der Waals surface area contributed by atoms with Crippen LogP contribution in [0.25, 0.3) is 21.9 Å². The van der Waals surface area contributed by atoms with Crippen LogP contribution in [-0.2, 0) is 6.54 Å². The molecular weight excluding hydrogens is 358 g/mol. The third kappa shape index (κ3) is 2.35. The average Bonchev–Trinajstić information content (AvgIpc) is 2.99. The summed E-state index contributed by atoms with van der Waals surface area (Å²) < 4.78 is 8.33. The van der Waals surface area contributed by atoms with Crippen LogP contribution < -0.4 is 5.56 Å². The molecule has 5 nitrogen and oxygen atoms in total. The van der Waals surface area contributed by atoms with Crippen molar-refractivity contribution in [3.05, 3.63) is 69.1 Å². The second-order valence-electron chi connectivity index (χ2n) is 5.39. The predicted octanol–water partition coefficient (Wildman–Crippen LogP) is 3.66. The summed E-state index contributed by atoms with van der Waals surface area (Å²) in [5.41, 5.74) is 2.44. The Hall–Kier alpha value is -2.47. The van der Waals surface area contributed by atoms with Crippen LogP contribution in [-0.4, -0.2) is 14.5 Å². The van der Waals surface area contributed by atoms with Crippen molar-refractivity contribution in [3.8, 4) is 0 Å². The highest BCUT2D eigenvalue weighted by Crippen LogP contribution is 2.29. The van der Waals surface area contributed by atoms with Crippen molar-refractivity contribution in [1.29, 1.82) is 0 Å². The summed E-state index contributed by atoms with van der Waals surface area (Å²) >= 11 is 3.49. The number of hydrogen-bond donors (Lipinski definition) is 0. The number of fused-ring (bicyclic) bond motifs is 2. The number of nitrogens with zero attached hydrogens (tertiary/aromatic N) is 3. The highest BCUT2D eigenvalue weighted by molar-refractivity contribution is 9.10. The maximum absolute atomic E-state index is 12.5. The zero-order valence-corrected chi connectivity index (χ0v) is 13.9. The lowest BCUT2D eigenvalue weighted by molar-refractivity contribution is 0.521. The molecule has 0 atom stereocenters. The number of furan rings is 1. The molecule has 3 aromatic heterocycles. The molecule has 0 radical (unpaired) electrons. The Morgan fingerprint density at radius 3 is 2.96 bits per heavy atom. The first-order valence-corrected chi connectivity index (χ1v) is 7.89. The molecule has 3 heterocycles. The molecule has 0 fully saturated rings. The van der Waals surface area contributed by atoms with Gasteiger partial charge in [-0.15, -0.1) is 0 Å². The largest absolute Gasteiger partial charge is 0.458 e. The number of pyridine rings is 1. The van der Waals surface area contributed by atoms with E-state index in [1.807, 2.05) is 25.1 Å². The van der Waals surface area contributed by atoms with Crippen LogP contribution in [0.3, 0.4) is 0 Å². The lowest BCUT2D eigenvalue weighted by atomic mass is 10.1. The number of hydrogen-bond acceptors (Lipinski definition) is 4. The molecule has 23 heavy (non-hydrogen) atoms. The first-order valence-electron chi connectivity index (χ1n) is 7.10. The summed E-state index contributed by atoms with van der Waals surface area (Å²) in [7, 11) is 0. The molecule has 0 spiro atoms. The fourth-order valence-electron chi connectivity index (χ4n) is 2.64. The topological polar surface area (TPSA) is 60.9 Å². The maximum Gasteiger partial charge on any atom is 0.263 e. The lowest BCUT2D eigenvalue weighted by Gasteiger charge is -2.03. The second-order valence-corrected chi connectivity index (χ2v) is 6.24. The van der Waals surface area contributed by atoms with E-state index in [4.69, 9.17) is 4.42 Å². The molecule has 1 aromatic carbocycles. The summed E-state index contributed by atoms with van der Waals surface area (Å²) in [5.74, 6) is 0.710. The quantitative estimate of drug-likeness (QED) is 0.540. The van der Waals surface area contributed by atoms with Gasteiger partial charge in [0.2, 0.25) is 0 Å². The van der Waals surface area contributed by atoms with Crippen LogP contribution in [0.5, 0.6) is 0 Å². The molecule has 0 bridgehead atoms. The van der Waals surface area contributed by atoms with E-state index in [1.54, 1.807) is 24.8 Å². The van der Waals surface area contributed by atoms with Crippen LogP contribution in [0.1, 0.15) is 11.3 Å². The van der Waals surface area contributed by atoms with Crippen LogP contribution >= 0.6 is 15.9 Å². The Kier molecular flexibility index (Phi) is 3.27. The van der Waals surface area contributed by atoms with E-state index in [9.17, 15) is 4.79 Å². The number of benzene rings is 1. The van der Waals surface area contributed by atoms with Gasteiger partial charge < -0.3 is 4.42 Å². The van der Waals surface area contributed by atoms with Crippen molar-refractivity contribution in [3.63, 3.8) is 0 Å². The Balaban J connectivity index is 1.82. The van der Waals surface area contributed by atoms with Crippen molar-refractivity contribution in [2.24, 2.45) is 0 Å². The van der Waals surface area contributed by atoms with Crippen molar-refractivity contribution < 1.29 is 4.42 Å². The SMILES string of the molecule is Cc1ccc(Br)c2oc(Cn3cnc4ccncc4c3=O)cc12. The molecule has 114 valence electrons. The van der Waals surface area contributed by atoms with Crippen molar-refractivity contribution in [1.82, 2.24) is 14.5 Å². The molecule has 0 aliphatic heterocycles. The molecule has 6 heteroatoms. The third-order valence-electron chi connectivity index (χ3n) is 3.86. The van der Waals surface area contributed by atoms with Gasteiger partial charge in [-0.25, -0.2) is 4.98 Å². The van der Waals surface area contributed by atoms with Gasteiger partial charge in [-0.3, -0.25) is 14.3 Å². The zero-order valence-electron chi connectivity index (χ0n) is 12.3. The predicted molar refractivity (Wildman–Crippen MR) is 91.6 cm³/mol. The molecule has 0 N–H and O–H groups in total. The van der Waals surface area contributed by atoms with Crippen molar-refractivity contribution >= 4 is 37.8 Å². The Morgan fingerprint density at radius 1 is 1.26 bits per heavy atom. The summed E-state index contributed by atoms with van der Waals surface area (Å²) in [6.07, 6.45) is 4.71. The van der Waals surface area contributed by atoms with Crippen molar-refractivity contribution in [2.45, 2.75) is 13.5 Å². The molecule has 0 aliphatic rings. The van der Waals surface area contributed by atoms with Gasteiger partial charge in [0.15, 0.2) is 0 Å². The van der Waals surface area contributed by atoms with Gasteiger partial charge in [0, 0.05) is 17.8 Å². The third-order valence-corrected chi connectivity index (χ3v) is 4.48. The summed E-state index contributed by atoms with van der Waals surface area (Å²) in [4.78, 5) is 20.8. The van der Waals surface area contributed by atoms with E-state index in [-0.39, 0.29) is 5.56 Å². The minimum absolute atomic E-state index is 0.126. The van der Waals surface area contributed by atoms with Crippen LogP contribution in [0.15, 0.2) is 56.7 Å². The van der Waals surface area contributed by atoms with E-state index in [0.717, 1.165) is 21.0 Å². The fraction of sp³-hybridized carbons (Fsp3) is 0.118. The van der Waals surface area contributed by atoms with Gasteiger partial charge in [-0.05, 0) is 46.6 Å². The number of aromatic nitrogens is 3. The highest BCUT2D eigenvalue weighted by Gasteiger charge is 2.11. The molecule has 0 amide bonds. The van der Waals surface area contributed by atoms with Crippen LogP contribution in [0.4, 0.5) is 0 Å². The summed E-state index contributed by atoms with van der Waals surface area (Å²) in [5, 5.41) is 1.54. The van der Waals surface area contributed by atoms with Crippen LogP contribution in [0, 0.1) is 6.92 Å². The molecule has 0 saturated carbocycles. The van der Waals surface area contributed by atoms with Gasteiger partial charge in [-0.1, -0.05) is 6.07 Å². The van der Waals surface area contributed by atoms with E-state index in [1.165, 1.54) is 4.57 Å². The first-order chi connectivity index (χ1) is 11.1. The minimum Gasteiger partial charge on any atom is -0.458 e. The number of halogens is 1. The molecule has 0 unspecified atom stereocenters. The van der Waals surface area contributed by atoms with Crippen LogP contribution in [0.2, 0.25) is 0 Å². The van der Waals surface area contributed by atoms with E-state index < -0.39 is 0 Å². The standard InChI is InChI=1S/C17H12BrN3O2/c1-10-2-3-14(18)16-12(10)6-11(23-16)8-21-9-20-15-4-5-19-7-13(15)17(21)22/h2-7,9H,8H2,1H3. The molecule has 4 rings (SSSR count). The lowest BCUT2D eigenvalue weighted by Crippen LogP contribution is -2.21. The van der Waals surface area contributed by atoms with E-state index in [2.05, 4.69) is 25.9 Å². The number of aryl methyl sites for hydroxylation is 1. The van der Waals surface area contributed by atoms with Gasteiger partial charge in [0.05, 0.1) is 28.2 Å². The average molecular weight is 370 g/mol. The smallest absolute Gasteiger partial charge is 0.263 e. The fourth-order valence-corrected chi connectivity index (χ4v) is 3.06. The molecule has 4 aromatic rings. The van der Waals surface area contributed by atoms with E-state index in [0.29, 0.717) is 23.2 Å². The Labute approximate surface area is 139 Å². The van der Waals surface area contributed by atoms with Gasteiger partial charge >= 0.3 is 0 Å². The molecule has 0 saturated heterocycles. The molecular formula is C17H12BrN3O2. The summed E-state index contributed by atoms with van der Waals surface area (Å²) in [6.45, 7) is 2.36. The minimum atomic E-state index is -0.126. The normalized spacial score (nSPS) is 11.4. The summed E-state index contributed by atoms with van der Waals surface area (Å²) in [6, 6.07) is 7.68. The number of rotatable bonds is 2. The zero-order chi connectivity index (χ0) is 16.0. The monoisotopic (exact) mass is 369 g/mol. The Morgan fingerprint density at radius 2 is 2.13 bits per heavy atom. The Bertz CT molecular complexity index is 1060. The highest BCUT2D eigenvalue weighted by atomic mass is 79.9. The van der Waals surface area contributed by atoms with Gasteiger partial charge in [0.25, 0.3) is 5.56 Å².